The number of ether oxygens (including phenoxy) is 1. The Labute approximate surface area is 149 Å². The molecule has 1 amide bonds. The van der Waals surface area contributed by atoms with Gasteiger partial charge < -0.3 is 9.64 Å². The normalized spacial score (nSPS) is 11.4. The third-order valence-corrected chi connectivity index (χ3v) is 5.70. The Morgan fingerprint density at radius 2 is 2.00 bits per heavy atom. The van der Waals surface area contributed by atoms with Gasteiger partial charge in [-0.1, -0.05) is 11.6 Å². The highest BCUT2D eigenvalue weighted by Gasteiger charge is 2.30. The first-order chi connectivity index (χ1) is 11.8. The number of hydrogen-bond acceptors (Lipinski definition) is 5. The van der Waals surface area contributed by atoms with Gasteiger partial charge in [0, 0.05) is 19.2 Å². The molecule has 0 spiro atoms. The van der Waals surface area contributed by atoms with E-state index in [-0.39, 0.29) is 15.7 Å². The largest absolute Gasteiger partial charge is 0.497 e. The Hall–Kier alpha value is -2.13. The van der Waals surface area contributed by atoms with Crippen LogP contribution in [0.3, 0.4) is 0 Å². The van der Waals surface area contributed by atoms with Crippen molar-refractivity contribution in [1.29, 1.82) is 0 Å². The van der Waals surface area contributed by atoms with Crippen LogP contribution in [0.1, 0.15) is 13.8 Å². The molecule has 0 aliphatic rings. The van der Waals surface area contributed by atoms with Crippen molar-refractivity contribution in [1.82, 2.24) is 14.7 Å². The minimum Gasteiger partial charge on any atom is -0.497 e. The number of sulfone groups is 1. The molecular weight excluding hydrogens is 373 g/mol. The summed E-state index contributed by atoms with van der Waals surface area (Å²) in [6, 6.07) is 3.34. The van der Waals surface area contributed by atoms with Crippen molar-refractivity contribution in [3.05, 3.63) is 35.2 Å². The number of rotatable bonds is 5. The molecule has 7 nitrogen and oxygen atoms in total. The fourth-order valence-electron chi connectivity index (χ4n) is 2.18. The molecule has 0 radical (unpaired) electrons. The maximum absolute atomic E-state index is 14.2. The number of halogens is 2. The van der Waals surface area contributed by atoms with Gasteiger partial charge in [-0.05, 0) is 26.0 Å². The lowest BCUT2D eigenvalue weighted by Gasteiger charge is -2.17. The van der Waals surface area contributed by atoms with Gasteiger partial charge in [0.15, 0.2) is 5.82 Å². The number of aromatic nitrogens is 2. The lowest BCUT2D eigenvalue weighted by molar-refractivity contribution is 0.201. The van der Waals surface area contributed by atoms with Gasteiger partial charge in [-0.2, -0.15) is 4.68 Å². The summed E-state index contributed by atoms with van der Waals surface area (Å²) in [4.78, 5) is 13.2. The number of carbonyl (C=O) groups excluding carboxylic acids is 1. The number of nitrogens with zero attached hydrogens (tertiary/aromatic N) is 3. The Balaban J connectivity index is 2.53. The van der Waals surface area contributed by atoms with E-state index in [1.165, 1.54) is 30.2 Å². The number of hydrogen-bond donors (Lipinski definition) is 0. The Morgan fingerprint density at radius 3 is 2.56 bits per heavy atom. The maximum Gasteiger partial charge on any atom is 0.344 e. The van der Waals surface area contributed by atoms with Crippen molar-refractivity contribution in [3.8, 4) is 5.75 Å². The molecule has 0 unspecified atom stereocenters. The van der Waals surface area contributed by atoms with Crippen LogP contribution in [0.25, 0.3) is 0 Å². The van der Waals surface area contributed by atoms with Crippen molar-refractivity contribution >= 4 is 27.5 Å². The van der Waals surface area contributed by atoms with Gasteiger partial charge in [0.05, 0.1) is 23.2 Å². The minimum absolute atomic E-state index is 0.107. The zero-order valence-corrected chi connectivity index (χ0v) is 15.4. The standard InChI is InChI=1S/C15H17ClFN3O4S/c1-4-19(5-2)15(21)20-9-12(17)14(18-20)25(22,23)13-8-10(24-3)6-7-11(13)16/h6-9H,4-5H2,1-3H3. The van der Waals surface area contributed by atoms with Crippen LogP contribution in [0.5, 0.6) is 5.75 Å². The Morgan fingerprint density at radius 1 is 1.36 bits per heavy atom. The summed E-state index contributed by atoms with van der Waals surface area (Å²) in [5, 5.41) is 2.66. The Kier molecular flexibility index (Phi) is 5.69. The van der Waals surface area contributed by atoms with Gasteiger partial charge in [-0.15, -0.1) is 5.10 Å². The molecule has 1 aromatic carbocycles. The summed E-state index contributed by atoms with van der Waals surface area (Å²) in [5.41, 5.74) is 0. The summed E-state index contributed by atoms with van der Waals surface area (Å²) < 4.78 is 45.3. The summed E-state index contributed by atoms with van der Waals surface area (Å²) in [5.74, 6) is -0.901. The van der Waals surface area contributed by atoms with E-state index in [9.17, 15) is 17.6 Å². The number of carbonyl (C=O) groups is 1. The first kappa shape index (κ1) is 19.2. The lowest BCUT2D eigenvalue weighted by Crippen LogP contribution is -2.34. The molecule has 0 aliphatic heterocycles. The molecule has 10 heteroatoms. The van der Waals surface area contributed by atoms with E-state index < -0.39 is 26.7 Å². The van der Waals surface area contributed by atoms with Gasteiger partial charge in [-0.3, -0.25) is 0 Å². The molecule has 0 bridgehead atoms. The molecule has 0 fully saturated rings. The zero-order chi connectivity index (χ0) is 18.8. The van der Waals surface area contributed by atoms with Crippen LogP contribution < -0.4 is 4.74 Å². The third-order valence-electron chi connectivity index (χ3n) is 3.55. The topological polar surface area (TPSA) is 81.5 Å². The SMILES string of the molecule is CCN(CC)C(=O)n1cc(F)c(S(=O)(=O)c2cc(OC)ccc2Cl)n1. The van der Waals surface area contributed by atoms with E-state index in [2.05, 4.69) is 5.10 Å². The van der Waals surface area contributed by atoms with Gasteiger partial charge >= 0.3 is 6.03 Å². The van der Waals surface area contributed by atoms with Crippen LogP contribution in [0.4, 0.5) is 9.18 Å². The molecule has 0 saturated heterocycles. The number of benzene rings is 1. The predicted molar refractivity (Wildman–Crippen MR) is 89.4 cm³/mol. The highest BCUT2D eigenvalue weighted by molar-refractivity contribution is 7.91. The maximum atomic E-state index is 14.2. The highest BCUT2D eigenvalue weighted by atomic mass is 35.5. The summed E-state index contributed by atoms with van der Waals surface area (Å²) in [7, 11) is -3.02. The van der Waals surface area contributed by atoms with Gasteiger partial charge in [-0.25, -0.2) is 17.6 Å². The van der Waals surface area contributed by atoms with E-state index in [0.29, 0.717) is 17.8 Å². The van der Waals surface area contributed by atoms with Crippen LogP contribution in [-0.2, 0) is 9.84 Å². The van der Waals surface area contributed by atoms with E-state index >= 15 is 0 Å². The molecule has 25 heavy (non-hydrogen) atoms. The third kappa shape index (κ3) is 3.62. The van der Waals surface area contributed by atoms with Crippen LogP contribution in [0, 0.1) is 5.82 Å². The second-order valence-electron chi connectivity index (χ2n) is 4.98. The lowest BCUT2D eigenvalue weighted by atomic mass is 10.3. The second-order valence-corrected chi connectivity index (χ2v) is 7.22. The summed E-state index contributed by atoms with van der Waals surface area (Å²) >= 11 is 5.94. The van der Waals surface area contributed by atoms with Crippen LogP contribution in [-0.4, -0.2) is 49.3 Å². The molecule has 1 aromatic heterocycles. The molecule has 0 N–H and O–H groups in total. The first-order valence-corrected chi connectivity index (χ1v) is 9.25. The average molecular weight is 390 g/mol. The molecule has 136 valence electrons. The van der Waals surface area contributed by atoms with Gasteiger partial charge in [0.25, 0.3) is 0 Å². The summed E-state index contributed by atoms with van der Waals surface area (Å²) in [6.45, 7) is 4.24. The number of methoxy groups -OCH3 is 1. The quantitative estimate of drug-likeness (QED) is 0.785. The van der Waals surface area contributed by atoms with Crippen LogP contribution in [0.2, 0.25) is 5.02 Å². The second kappa shape index (κ2) is 7.40. The fourth-order valence-corrected chi connectivity index (χ4v) is 3.91. The highest BCUT2D eigenvalue weighted by Crippen LogP contribution is 2.31. The molecule has 0 saturated carbocycles. The smallest absolute Gasteiger partial charge is 0.344 e. The van der Waals surface area contributed by atoms with Crippen molar-refractivity contribution in [2.75, 3.05) is 20.2 Å². The molecule has 0 aliphatic carbocycles. The molecule has 0 atom stereocenters. The molecule has 2 rings (SSSR count). The van der Waals surface area contributed by atoms with Gasteiger partial charge in [0.2, 0.25) is 14.9 Å². The van der Waals surface area contributed by atoms with Crippen molar-refractivity contribution in [3.63, 3.8) is 0 Å². The van der Waals surface area contributed by atoms with E-state index in [1.807, 2.05) is 0 Å². The predicted octanol–water partition coefficient (Wildman–Crippen LogP) is 2.83. The van der Waals surface area contributed by atoms with Crippen molar-refractivity contribution < 1.29 is 22.3 Å². The van der Waals surface area contributed by atoms with E-state index in [4.69, 9.17) is 16.3 Å². The van der Waals surface area contributed by atoms with Crippen LogP contribution in [0.15, 0.2) is 34.3 Å². The van der Waals surface area contributed by atoms with Crippen LogP contribution >= 0.6 is 11.6 Å². The zero-order valence-electron chi connectivity index (χ0n) is 13.9. The van der Waals surface area contributed by atoms with Crippen molar-refractivity contribution in [2.24, 2.45) is 0 Å². The van der Waals surface area contributed by atoms with Gasteiger partial charge in [0.1, 0.15) is 5.75 Å². The summed E-state index contributed by atoms with van der Waals surface area (Å²) in [6.07, 6.45) is 0.738. The Bertz CT molecular complexity index is 894. The number of amides is 1. The van der Waals surface area contributed by atoms with Crippen molar-refractivity contribution in [2.45, 2.75) is 23.8 Å². The molecule has 2 aromatic rings. The van der Waals surface area contributed by atoms with E-state index in [1.54, 1.807) is 13.8 Å². The fraction of sp³-hybridized carbons (Fsp3) is 0.333. The first-order valence-electron chi connectivity index (χ1n) is 7.39. The van der Waals surface area contributed by atoms with E-state index in [0.717, 1.165) is 6.20 Å². The average Bonchev–Trinajstić information content (AvgIpc) is 2.98. The monoisotopic (exact) mass is 389 g/mol. The minimum atomic E-state index is -4.37. The molecular formula is C15H17ClFN3O4S. The molecule has 1 heterocycles.